The predicted octanol–water partition coefficient (Wildman–Crippen LogP) is 1.13. The van der Waals surface area contributed by atoms with E-state index < -0.39 is 11.9 Å². The molecule has 0 saturated carbocycles. The SMILES string of the molecule is CC.CC(=O)CC(=O)O.CC(=O)CC(=O)O. The molecule has 0 aliphatic carbocycles. The number of carbonyl (C=O) groups excluding carboxylic acids is 2. The van der Waals surface area contributed by atoms with Gasteiger partial charge in [0, 0.05) is 0 Å². The van der Waals surface area contributed by atoms with Crippen LogP contribution in [-0.4, -0.2) is 33.7 Å². The third-order valence-electron chi connectivity index (χ3n) is 0.800. The summed E-state index contributed by atoms with van der Waals surface area (Å²) in [4.78, 5) is 38.9. The number of ketones is 2. The van der Waals surface area contributed by atoms with Gasteiger partial charge in [0.2, 0.25) is 0 Å². The molecule has 0 aromatic rings. The van der Waals surface area contributed by atoms with Gasteiger partial charge in [-0.1, -0.05) is 13.8 Å². The molecule has 6 nitrogen and oxygen atoms in total. The first-order chi connectivity index (χ1) is 7.25. The van der Waals surface area contributed by atoms with E-state index in [0.717, 1.165) is 0 Å². The molecule has 6 heteroatoms. The van der Waals surface area contributed by atoms with Crippen LogP contribution in [0.15, 0.2) is 0 Å². The lowest BCUT2D eigenvalue weighted by Gasteiger charge is -1.80. The van der Waals surface area contributed by atoms with Crippen molar-refractivity contribution in [2.45, 2.75) is 40.5 Å². The normalized spacial score (nSPS) is 7.50. The fourth-order valence-corrected chi connectivity index (χ4v) is 0.426. The number of rotatable bonds is 4. The van der Waals surface area contributed by atoms with E-state index in [0.29, 0.717) is 0 Å². The number of carbonyl (C=O) groups is 4. The average molecular weight is 234 g/mol. The Labute approximate surface area is 94.3 Å². The molecular weight excluding hydrogens is 216 g/mol. The molecule has 0 heterocycles. The average Bonchev–Trinajstić information content (AvgIpc) is 2.03. The maximum Gasteiger partial charge on any atom is 0.310 e. The van der Waals surface area contributed by atoms with Gasteiger partial charge in [-0.2, -0.15) is 0 Å². The van der Waals surface area contributed by atoms with E-state index in [-0.39, 0.29) is 24.4 Å². The molecule has 0 aliphatic heterocycles. The highest BCUT2D eigenvalue weighted by Gasteiger charge is 1.98. The fourth-order valence-electron chi connectivity index (χ4n) is 0.426. The Kier molecular flexibility index (Phi) is 16.4. The second-order valence-electron chi connectivity index (χ2n) is 2.55. The maximum atomic E-state index is 9.87. The Morgan fingerprint density at radius 1 is 0.750 bits per heavy atom. The van der Waals surface area contributed by atoms with Crippen molar-refractivity contribution in [3.63, 3.8) is 0 Å². The van der Waals surface area contributed by atoms with Crippen LogP contribution in [0.5, 0.6) is 0 Å². The zero-order valence-electron chi connectivity index (χ0n) is 9.94. The van der Waals surface area contributed by atoms with Crippen LogP contribution in [0.1, 0.15) is 40.5 Å². The molecule has 0 aliphatic rings. The highest BCUT2D eigenvalue weighted by molar-refractivity contribution is 5.93. The van der Waals surface area contributed by atoms with Gasteiger partial charge in [0.1, 0.15) is 24.4 Å². The second-order valence-corrected chi connectivity index (χ2v) is 2.55. The molecule has 0 unspecified atom stereocenters. The van der Waals surface area contributed by atoms with Gasteiger partial charge < -0.3 is 10.2 Å². The summed E-state index contributed by atoms with van der Waals surface area (Å²) in [6, 6.07) is 0. The maximum absolute atomic E-state index is 9.87. The van der Waals surface area contributed by atoms with Crippen molar-refractivity contribution in [3.05, 3.63) is 0 Å². The van der Waals surface area contributed by atoms with Gasteiger partial charge in [0.05, 0.1) is 0 Å². The summed E-state index contributed by atoms with van der Waals surface area (Å²) in [5.41, 5.74) is 0. The van der Waals surface area contributed by atoms with Crippen molar-refractivity contribution in [1.82, 2.24) is 0 Å². The van der Waals surface area contributed by atoms with Crippen molar-refractivity contribution in [2.75, 3.05) is 0 Å². The number of carboxylic acids is 2. The highest BCUT2D eigenvalue weighted by Crippen LogP contribution is 1.78. The molecule has 0 fully saturated rings. The van der Waals surface area contributed by atoms with Crippen LogP contribution in [0, 0.1) is 0 Å². The summed E-state index contributed by atoms with van der Waals surface area (Å²) in [5, 5.41) is 15.7. The van der Waals surface area contributed by atoms with Crippen molar-refractivity contribution in [3.8, 4) is 0 Å². The lowest BCUT2D eigenvalue weighted by Crippen LogP contribution is -2.00. The van der Waals surface area contributed by atoms with Crippen LogP contribution in [-0.2, 0) is 19.2 Å². The second kappa shape index (κ2) is 13.3. The first-order valence-corrected chi connectivity index (χ1v) is 4.68. The van der Waals surface area contributed by atoms with Crippen molar-refractivity contribution in [1.29, 1.82) is 0 Å². The summed E-state index contributed by atoms with van der Waals surface area (Å²) in [5.74, 6) is -2.75. The van der Waals surface area contributed by atoms with E-state index in [1.54, 1.807) is 0 Å². The Morgan fingerprint density at radius 3 is 0.938 bits per heavy atom. The molecule has 0 atom stereocenters. The molecule has 0 rings (SSSR count). The lowest BCUT2D eigenvalue weighted by atomic mass is 10.3. The predicted molar refractivity (Wildman–Crippen MR) is 57.2 cm³/mol. The Bertz CT molecular complexity index is 194. The van der Waals surface area contributed by atoms with Crippen LogP contribution in [0.25, 0.3) is 0 Å². The smallest absolute Gasteiger partial charge is 0.310 e. The van der Waals surface area contributed by atoms with Crippen molar-refractivity contribution in [2.24, 2.45) is 0 Å². The highest BCUT2D eigenvalue weighted by atomic mass is 16.4. The molecule has 0 amide bonds. The van der Waals surface area contributed by atoms with Crippen molar-refractivity contribution < 1.29 is 29.4 Å². The van der Waals surface area contributed by atoms with E-state index in [9.17, 15) is 19.2 Å². The molecule has 94 valence electrons. The zero-order chi connectivity index (χ0) is 13.7. The van der Waals surface area contributed by atoms with Crippen molar-refractivity contribution >= 4 is 23.5 Å². The number of hydrogen-bond acceptors (Lipinski definition) is 4. The standard InChI is InChI=1S/2C4H6O3.C2H6/c2*1-3(5)2-4(6)7;1-2/h2*2H2,1H3,(H,6,7);1-2H3. The molecule has 0 radical (unpaired) electrons. The third-order valence-corrected chi connectivity index (χ3v) is 0.800. The van der Waals surface area contributed by atoms with Gasteiger partial charge in [-0.25, -0.2) is 0 Å². The third kappa shape index (κ3) is 39.6. The van der Waals surface area contributed by atoms with Gasteiger partial charge in [-0.05, 0) is 13.8 Å². The Morgan fingerprint density at radius 2 is 0.938 bits per heavy atom. The minimum atomic E-state index is -1.06. The molecule has 0 saturated heterocycles. The number of aliphatic carboxylic acids is 2. The van der Waals surface area contributed by atoms with Gasteiger partial charge >= 0.3 is 11.9 Å². The quantitative estimate of drug-likeness (QED) is 0.705. The number of carboxylic acid groups (broad SMARTS) is 2. The van der Waals surface area contributed by atoms with Gasteiger partial charge in [-0.15, -0.1) is 0 Å². The lowest BCUT2D eigenvalue weighted by molar-refractivity contribution is -0.141. The summed E-state index contributed by atoms with van der Waals surface area (Å²) in [6.45, 7) is 6.49. The van der Waals surface area contributed by atoms with E-state index in [2.05, 4.69) is 0 Å². The Hall–Kier alpha value is -1.72. The summed E-state index contributed by atoms with van der Waals surface area (Å²) < 4.78 is 0. The molecular formula is C10H18O6. The van der Waals surface area contributed by atoms with Crippen LogP contribution >= 0.6 is 0 Å². The fraction of sp³-hybridized carbons (Fsp3) is 0.600. The number of hydrogen-bond donors (Lipinski definition) is 2. The minimum absolute atomic E-state index is 0.312. The van der Waals surface area contributed by atoms with E-state index >= 15 is 0 Å². The minimum Gasteiger partial charge on any atom is -0.481 e. The summed E-state index contributed by atoms with van der Waals surface area (Å²) in [7, 11) is 0. The van der Waals surface area contributed by atoms with E-state index in [1.807, 2.05) is 13.8 Å². The topological polar surface area (TPSA) is 109 Å². The molecule has 16 heavy (non-hydrogen) atoms. The van der Waals surface area contributed by atoms with Gasteiger partial charge in [0.15, 0.2) is 0 Å². The molecule has 0 aromatic carbocycles. The molecule has 0 bridgehead atoms. The number of Topliss-reactive ketones (excluding diaryl/α,β-unsaturated/α-hetero) is 2. The van der Waals surface area contributed by atoms with Crippen LogP contribution in [0.3, 0.4) is 0 Å². The molecule has 0 aromatic heterocycles. The monoisotopic (exact) mass is 234 g/mol. The van der Waals surface area contributed by atoms with Crippen LogP contribution in [0.2, 0.25) is 0 Å². The van der Waals surface area contributed by atoms with E-state index in [1.165, 1.54) is 13.8 Å². The van der Waals surface area contributed by atoms with Crippen LogP contribution in [0.4, 0.5) is 0 Å². The Balaban J connectivity index is -0.000000183. The largest absolute Gasteiger partial charge is 0.481 e. The van der Waals surface area contributed by atoms with Gasteiger partial charge in [-0.3, -0.25) is 19.2 Å². The zero-order valence-corrected chi connectivity index (χ0v) is 9.94. The molecule has 2 N–H and O–H groups in total. The van der Waals surface area contributed by atoms with Gasteiger partial charge in [0.25, 0.3) is 0 Å². The first-order valence-electron chi connectivity index (χ1n) is 4.68. The molecule has 0 spiro atoms. The van der Waals surface area contributed by atoms with Crippen LogP contribution < -0.4 is 0 Å². The van der Waals surface area contributed by atoms with E-state index in [4.69, 9.17) is 10.2 Å². The first kappa shape index (κ1) is 19.8. The summed E-state index contributed by atoms with van der Waals surface area (Å²) in [6.07, 6.45) is -0.722. The summed E-state index contributed by atoms with van der Waals surface area (Å²) >= 11 is 0.